The van der Waals surface area contributed by atoms with Crippen molar-refractivity contribution in [3.05, 3.63) is 12.7 Å². The van der Waals surface area contributed by atoms with E-state index in [9.17, 15) is 13.2 Å². The molecule has 2 heterocycles. The zero-order chi connectivity index (χ0) is 14.8. The van der Waals surface area contributed by atoms with Gasteiger partial charge in [0, 0.05) is 7.05 Å². The highest BCUT2D eigenvalue weighted by atomic mass is 19.4. The number of nitrogen functional groups attached to an aromatic ring is 1. The number of aromatic nitrogens is 6. The maximum atomic E-state index is 12.4. The molecule has 0 aliphatic rings. The minimum absolute atomic E-state index is 0.00512. The van der Waals surface area contributed by atoms with Crippen LogP contribution in [0.25, 0.3) is 5.95 Å². The Labute approximate surface area is 110 Å². The van der Waals surface area contributed by atoms with Crippen LogP contribution in [0.5, 0.6) is 0 Å². The van der Waals surface area contributed by atoms with Gasteiger partial charge in [0.05, 0.1) is 0 Å². The number of hydrogen-bond donors (Lipinski definition) is 2. The van der Waals surface area contributed by atoms with Crippen molar-refractivity contribution in [3.63, 3.8) is 0 Å². The van der Waals surface area contributed by atoms with E-state index in [1.807, 2.05) is 0 Å². The summed E-state index contributed by atoms with van der Waals surface area (Å²) in [6.07, 6.45) is -1.85. The third kappa shape index (κ3) is 3.28. The number of nitrogens with one attached hydrogen (secondary N) is 1. The lowest BCUT2D eigenvalue weighted by atomic mass is 10.5. The maximum absolute atomic E-state index is 12.4. The van der Waals surface area contributed by atoms with E-state index in [1.54, 1.807) is 0 Å². The SMILES string of the molecule is CN(CC(F)(F)F)c1nc(NN)nc(-n2cncn2)n1. The molecule has 108 valence electrons. The largest absolute Gasteiger partial charge is 0.406 e. The topological polar surface area (TPSA) is 111 Å². The molecular formula is C8H10F3N9. The van der Waals surface area contributed by atoms with Gasteiger partial charge in [-0.3, -0.25) is 5.43 Å². The van der Waals surface area contributed by atoms with Gasteiger partial charge in [-0.15, -0.1) is 0 Å². The molecule has 0 aromatic carbocycles. The molecular weight excluding hydrogens is 279 g/mol. The maximum Gasteiger partial charge on any atom is 0.406 e. The number of halogens is 3. The fraction of sp³-hybridized carbons (Fsp3) is 0.375. The first kappa shape index (κ1) is 13.9. The Kier molecular flexibility index (Phi) is 3.65. The van der Waals surface area contributed by atoms with Crippen LogP contribution in [0, 0.1) is 0 Å². The van der Waals surface area contributed by atoms with Crippen molar-refractivity contribution >= 4 is 11.9 Å². The average molecular weight is 289 g/mol. The molecule has 0 aliphatic heterocycles. The van der Waals surface area contributed by atoms with Crippen LogP contribution in [0.4, 0.5) is 25.1 Å². The van der Waals surface area contributed by atoms with Gasteiger partial charge in [-0.05, 0) is 0 Å². The van der Waals surface area contributed by atoms with E-state index in [0.717, 1.165) is 4.90 Å². The van der Waals surface area contributed by atoms with Gasteiger partial charge >= 0.3 is 6.18 Å². The van der Waals surface area contributed by atoms with Gasteiger partial charge in [0.2, 0.25) is 11.9 Å². The lowest BCUT2D eigenvalue weighted by Crippen LogP contribution is -2.32. The van der Waals surface area contributed by atoms with E-state index in [4.69, 9.17) is 5.84 Å². The van der Waals surface area contributed by atoms with Crippen molar-refractivity contribution in [2.45, 2.75) is 6.18 Å². The van der Waals surface area contributed by atoms with Crippen LogP contribution in [0.2, 0.25) is 0 Å². The minimum Gasteiger partial charge on any atom is -0.335 e. The standard InChI is InChI=1S/C8H10F3N9/c1-19(2-8(9,10)11)6-15-5(18-12)16-7(17-6)20-4-13-3-14-20/h3-4H,2,12H2,1H3,(H,15,16,17,18). The molecule has 0 fully saturated rings. The Morgan fingerprint density at radius 2 is 2.10 bits per heavy atom. The molecule has 0 radical (unpaired) electrons. The lowest BCUT2D eigenvalue weighted by Gasteiger charge is -2.19. The van der Waals surface area contributed by atoms with Gasteiger partial charge in [-0.2, -0.15) is 37.9 Å². The van der Waals surface area contributed by atoms with Crippen molar-refractivity contribution in [3.8, 4) is 5.95 Å². The highest BCUT2D eigenvalue weighted by molar-refractivity contribution is 5.38. The molecule has 20 heavy (non-hydrogen) atoms. The zero-order valence-corrected chi connectivity index (χ0v) is 10.2. The molecule has 0 atom stereocenters. The molecule has 12 heteroatoms. The van der Waals surface area contributed by atoms with E-state index < -0.39 is 12.7 Å². The van der Waals surface area contributed by atoms with E-state index >= 15 is 0 Å². The summed E-state index contributed by atoms with van der Waals surface area (Å²) in [4.78, 5) is 16.0. The molecule has 3 N–H and O–H groups in total. The van der Waals surface area contributed by atoms with Crippen LogP contribution in [0.3, 0.4) is 0 Å². The van der Waals surface area contributed by atoms with Gasteiger partial charge < -0.3 is 4.90 Å². The highest BCUT2D eigenvalue weighted by Crippen LogP contribution is 2.19. The smallest absolute Gasteiger partial charge is 0.335 e. The summed E-state index contributed by atoms with van der Waals surface area (Å²) in [6.45, 7) is -1.21. The second-order valence-corrected chi connectivity index (χ2v) is 3.71. The van der Waals surface area contributed by atoms with Crippen molar-refractivity contribution in [2.24, 2.45) is 5.84 Å². The Hall–Kier alpha value is -2.50. The number of alkyl halides is 3. The normalized spacial score (nSPS) is 11.4. The summed E-state index contributed by atoms with van der Waals surface area (Å²) in [5.74, 6) is 4.89. The first-order chi connectivity index (χ1) is 9.39. The fourth-order valence-corrected chi connectivity index (χ4v) is 1.34. The van der Waals surface area contributed by atoms with Crippen LogP contribution in [-0.2, 0) is 0 Å². The molecule has 0 amide bonds. The zero-order valence-electron chi connectivity index (χ0n) is 10.2. The van der Waals surface area contributed by atoms with Crippen molar-refractivity contribution in [1.29, 1.82) is 0 Å². The van der Waals surface area contributed by atoms with Crippen molar-refractivity contribution in [2.75, 3.05) is 23.9 Å². The predicted molar refractivity (Wildman–Crippen MR) is 61.9 cm³/mol. The lowest BCUT2D eigenvalue weighted by molar-refractivity contribution is -0.119. The van der Waals surface area contributed by atoms with Crippen LogP contribution in [-0.4, -0.2) is 49.5 Å². The fourth-order valence-electron chi connectivity index (χ4n) is 1.34. The van der Waals surface area contributed by atoms with Gasteiger partial charge in [0.25, 0.3) is 5.95 Å². The van der Waals surface area contributed by atoms with Crippen LogP contribution in [0.15, 0.2) is 12.7 Å². The highest BCUT2D eigenvalue weighted by Gasteiger charge is 2.30. The first-order valence-electron chi connectivity index (χ1n) is 5.24. The van der Waals surface area contributed by atoms with Crippen LogP contribution in [0.1, 0.15) is 0 Å². The molecule has 2 aromatic rings. The van der Waals surface area contributed by atoms with Crippen LogP contribution >= 0.6 is 0 Å². The molecule has 0 saturated heterocycles. The predicted octanol–water partition coefficient (Wildman–Crippen LogP) is -0.264. The summed E-state index contributed by atoms with van der Waals surface area (Å²) in [7, 11) is 1.20. The average Bonchev–Trinajstić information content (AvgIpc) is 2.90. The summed E-state index contributed by atoms with van der Waals surface area (Å²) < 4.78 is 38.3. The summed E-state index contributed by atoms with van der Waals surface area (Å²) in [5.41, 5.74) is 2.16. The number of nitrogens with two attached hydrogens (primary N) is 1. The summed E-state index contributed by atoms with van der Waals surface area (Å²) >= 11 is 0. The first-order valence-corrected chi connectivity index (χ1v) is 5.24. The third-order valence-corrected chi connectivity index (χ3v) is 2.12. The number of hydrogen-bond acceptors (Lipinski definition) is 8. The second kappa shape index (κ2) is 5.24. The van der Waals surface area contributed by atoms with Crippen LogP contribution < -0.4 is 16.2 Å². The number of hydrazine groups is 1. The third-order valence-electron chi connectivity index (χ3n) is 2.12. The monoisotopic (exact) mass is 289 g/mol. The van der Waals surface area contributed by atoms with E-state index in [-0.39, 0.29) is 17.8 Å². The van der Waals surface area contributed by atoms with Gasteiger partial charge in [0.1, 0.15) is 19.2 Å². The summed E-state index contributed by atoms with van der Waals surface area (Å²) in [6, 6.07) is 0. The van der Waals surface area contributed by atoms with Gasteiger partial charge in [-0.1, -0.05) is 0 Å². The van der Waals surface area contributed by atoms with Gasteiger partial charge in [0.15, 0.2) is 0 Å². The molecule has 0 spiro atoms. The molecule has 0 saturated carbocycles. The van der Waals surface area contributed by atoms with Crippen molar-refractivity contribution < 1.29 is 13.2 Å². The van der Waals surface area contributed by atoms with E-state index in [2.05, 4.69) is 30.5 Å². The second-order valence-electron chi connectivity index (χ2n) is 3.71. The molecule has 0 bridgehead atoms. The molecule has 0 unspecified atom stereocenters. The quantitative estimate of drug-likeness (QED) is 0.585. The number of nitrogens with zero attached hydrogens (tertiary/aromatic N) is 7. The Bertz CT molecular complexity index is 567. The van der Waals surface area contributed by atoms with Gasteiger partial charge in [-0.25, -0.2) is 10.8 Å². The van der Waals surface area contributed by atoms with E-state index in [0.29, 0.717) is 0 Å². The Balaban J connectivity index is 2.36. The van der Waals surface area contributed by atoms with Crippen molar-refractivity contribution in [1.82, 2.24) is 29.7 Å². The molecule has 2 rings (SSSR count). The minimum atomic E-state index is -4.38. The number of anilines is 2. The van der Waals surface area contributed by atoms with E-state index in [1.165, 1.54) is 24.4 Å². The molecule has 2 aromatic heterocycles. The number of rotatable bonds is 4. The summed E-state index contributed by atoms with van der Waals surface area (Å²) in [5, 5.41) is 3.78. The Morgan fingerprint density at radius 1 is 1.35 bits per heavy atom. The molecule has 9 nitrogen and oxygen atoms in total. The molecule has 0 aliphatic carbocycles. The Morgan fingerprint density at radius 3 is 2.65 bits per heavy atom.